The summed E-state index contributed by atoms with van der Waals surface area (Å²) in [5.41, 5.74) is 6.18. The van der Waals surface area contributed by atoms with Gasteiger partial charge in [0, 0.05) is 18.6 Å². The quantitative estimate of drug-likeness (QED) is 0.782. The van der Waals surface area contributed by atoms with Gasteiger partial charge in [-0.25, -0.2) is 0 Å². The van der Waals surface area contributed by atoms with E-state index in [9.17, 15) is 4.79 Å². The zero-order valence-electron chi connectivity index (χ0n) is 12.0. The van der Waals surface area contributed by atoms with E-state index < -0.39 is 0 Å². The third kappa shape index (κ3) is 2.65. The molecule has 108 valence electrons. The van der Waals surface area contributed by atoms with E-state index in [2.05, 4.69) is 17.1 Å². The van der Waals surface area contributed by atoms with Gasteiger partial charge in [0.15, 0.2) is 0 Å². The van der Waals surface area contributed by atoms with Gasteiger partial charge in [0.1, 0.15) is 0 Å². The van der Waals surface area contributed by atoms with E-state index in [4.69, 9.17) is 5.73 Å². The van der Waals surface area contributed by atoms with E-state index in [0.717, 1.165) is 19.4 Å². The highest BCUT2D eigenvalue weighted by molar-refractivity contribution is 5.80. The topological polar surface area (TPSA) is 58.4 Å². The predicted molar refractivity (Wildman–Crippen MR) is 75.6 cm³/mol. The Kier molecular flexibility index (Phi) is 3.81. The fourth-order valence-corrected chi connectivity index (χ4v) is 4.32. The minimum absolute atomic E-state index is 0.0317. The van der Waals surface area contributed by atoms with Gasteiger partial charge >= 0.3 is 0 Å². The van der Waals surface area contributed by atoms with Crippen molar-refractivity contribution in [2.45, 2.75) is 51.1 Å². The molecule has 0 radical (unpaired) electrons. The van der Waals surface area contributed by atoms with Crippen LogP contribution >= 0.6 is 0 Å². The van der Waals surface area contributed by atoms with Gasteiger partial charge in [-0.3, -0.25) is 4.79 Å². The van der Waals surface area contributed by atoms with Crippen LogP contribution in [0.25, 0.3) is 0 Å². The van der Waals surface area contributed by atoms with Crippen LogP contribution in [0.15, 0.2) is 0 Å². The van der Waals surface area contributed by atoms with Crippen LogP contribution in [0.4, 0.5) is 0 Å². The minimum Gasteiger partial charge on any atom is -0.352 e. The first-order chi connectivity index (χ1) is 9.15. The average Bonchev–Trinajstić information content (AvgIpc) is 2.40. The predicted octanol–water partition coefficient (Wildman–Crippen LogP) is 0.960. The van der Waals surface area contributed by atoms with Gasteiger partial charge in [-0.15, -0.1) is 0 Å². The van der Waals surface area contributed by atoms with E-state index in [0.29, 0.717) is 17.9 Å². The second-order valence-electron chi connectivity index (χ2n) is 6.85. The maximum Gasteiger partial charge on any atom is 0.225 e. The van der Waals surface area contributed by atoms with Crippen molar-refractivity contribution in [3.8, 4) is 0 Å². The number of hydrogen-bond acceptors (Lipinski definition) is 3. The van der Waals surface area contributed by atoms with Crippen molar-refractivity contribution >= 4 is 5.91 Å². The summed E-state index contributed by atoms with van der Waals surface area (Å²) in [6, 6.07) is 0.432. The number of piperidine rings is 3. The lowest BCUT2D eigenvalue weighted by Crippen LogP contribution is -2.59. The molecule has 4 unspecified atom stereocenters. The van der Waals surface area contributed by atoms with Gasteiger partial charge in [0.2, 0.25) is 5.91 Å². The molecule has 0 aromatic rings. The molecular weight excluding hydrogens is 238 g/mol. The Morgan fingerprint density at radius 2 is 1.95 bits per heavy atom. The second-order valence-corrected chi connectivity index (χ2v) is 6.85. The summed E-state index contributed by atoms with van der Waals surface area (Å²) in [7, 11) is 0. The number of nitrogens with two attached hydrogens (primary N) is 1. The van der Waals surface area contributed by atoms with Crippen molar-refractivity contribution in [2.24, 2.45) is 23.5 Å². The Labute approximate surface area is 116 Å². The molecule has 0 spiro atoms. The molecule has 3 heterocycles. The number of carbonyl (C=O) groups excluding carboxylic acids is 1. The minimum atomic E-state index is 0.0317. The molecule has 3 saturated heterocycles. The summed E-state index contributed by atoms with van der Waals surface area (Å²) < 4.78 is 0. The zero-order chi connectivity index (χ0) is 13.4. The summed E-state index contributed by atoms with van der Waals surface area (Å²) in [6.07, 6.45) is 5.81. The van der Waals surface area contributed by atoms with E-state index in [-0.39, 0.29) is 17.9 Å². The van der Waals surface area contributed by atoms with Gasteiger partial charge < -0.3 is 16.0 Å². The molecule has 1 saturated carbocycles. The Balaban J connectivity index is 1.61. The normalized spacial score (nSPS) is 46.0. The van der Waals surface area contributed by atoms with Crippen LogP contribution in [0.5, 0.6) is 0 Å². The van der Waals surface area contributed by atoms with Crippen LogP contribution in [0, 0.1) is 17.8 Å². The van der Waals surface area contributed by atoms with Crippen LogP contribution < -0.4 is 11.1 Å². The molecule has 3 aliphatic heterocycles. The van der Waals surface area contributed by atoms with E-state index in [1.54, 1.807) is 0 Å². The van der Waals surface area contributed by atoms with Crippen LogP contribution in [-0.4, -0.2) is 42.5 Å². The van der Waals surface area contributed by atoms with Crippen molar-refractivity contribution in [2.75, 3.05) is 19.6 Å². The summed E-state index contributed by atoms with van der Waals surface area (Å²) in [6.45, 7) is 5.67. The van der Waals surface area contributed by atoms with Crippen molar-refractivity contribution in [3.05, 3.63) is 0 Å². The Morgan fingerprint density at radius 3 is 2.53 bits per heavy atom. The first kappa shape index (κ1) is 13.4. The standard InChI is InChI=1S/C15H27N3O/c1-10-3-2-4-12(16)14(10)15(19)17-13-9-18-7-5-11(13)6-8-18/h10-14H,2-9,16H2,1H3,(H,17,19). The maximum atomic E-state index is 12.6. The molecule has 4 fully saturated rings. The monoisotopic (exact) mass is 265 g/mol. The molecule has 4 aliphatic rings. The maximum absolute atomic E-state index is 12.6. The van der Waals surface area contributed by atoms with Crippen LogP contribution in [0.1, 0.15) is 39.0 Å². The lowest BCUT2D eigenvalue weighted by atomic mass is 9.76. The molecule has 0 aromatic carbocycles. The van der Waals surface area contributed by atoms with Crippen molar-refractivity contribution < 1.29 is 4.79 Å². The van der Waals surface area contributed by atoms with Gasteiger partial charge in [-0.2, -0.15) is 0 Å². The lowest BCUT2D eigenvalue weighted by molar-refractivity contribution is -0.130. The summed E-state index contributed by atoms with van der Waals surface area (Å²) in [5.74, 6) is 1.39. The molecule has 4 rings (SSSR count). The number of nitrogens with one attached hydrogen (secondary N) is 1. The van der Waals surface area contributed by atoms with E-state index >= 15 is 0 Å². The third-order valence-electron chi connectivity index (χ3n) is 5.56. The SMILES string of the molecule is CC1CCCC(N)C1C(=O)NC1CN2CCC1CC2. The molecule has 2 bridgehead atoms. The molecule has 0 aromatic heterocycles. The first-order valence-corrected chi connectivity index (χ1v) is 7.93. The second kappa shape index (κ2) is 5.41. The number of carbonyl (C=O) groups is 1. The fourth-order valence-electron chi connectivity index (χ4n) is 4.32. The third-order valence-corrected chi connectivity index (χ3v) is 5.56. The number of fused-ring (bicyclic) bond motifs is 3. The number of amides is 1. The Hall–Kier alpha value is -0.610. The van der Waals surface area contributed by atoms with Gasteiger partial charge in [0.25, 0.3) is 0 Å². The molecule has 3 N–H and O–H groups in total. The van der Waals surface area contributed by atoms with Crippen LogP contribution in [-0.2, 0) is 4.79 Å². The first-order valence-electron chi connectivity index (χ1n) is 7.93. The van der Waals surface area contributed by atoms with Gasteiger partial charge in [0.05, 0.1) is 5.92 Å². The van der Waals surface area contributed by atoms with E-state index in [1.165, 1.54) is 32.4 Å². The molecule has 19 heavy (non-hydrogen) atoms. The van der Waals surface area contributed by atoms with E-state index in [1.807, 2.05) is 0 Å². The number of rotatable bonds is 2. The van der Waals surface area contributed by atoms with Gasteiger partial charge in [-0.1, -0.05) is 13.3 Å². The van der Waals surface area contributed by atoms with Crippen molar-refractivity contribution in [3.63, 3.8) is 0 Å². The molecule has 4 atom stereocenters. The smallest absolute Gasteiger partial charge is 0.225 e. The number of hydrogen-bond donors (Lipinski definition) is 2. The zero-order valence-corrected chi connectivity index (χ0v) is 12.0. The molecule has 1 aliphatic carbocycles. The highest BCUT2D eigenvalue weighted by Gasteiger charge is 2.39. The number of nitrogens with zero attached hydrogens (tertiary/aromatic N) is 1. The highest BCUT2D eigenvalue weighted by Crippen LogP contribution is 2.31. The molecule has 4 heteroatoms. The molecule has 4 nitrogen and oxygen atoms in total. The Morgan fingerprint density at radius 1 is 1.21 bits per heavy atom. The van der Waals surface area contributed by atoms with Gasteiger partial charge in [-0.05, 0) is 50.6 Å². The lowest BCUT2D eigenvalue weighted by Gasteiger charge is -2.45. The average molecular weight is 265 g/mol. The largest absolute Gasteiger partial charge is 0.352 e. The summed E-state index contributed by atoms with van der Waals surface area (Å²) in [5, 5.41) is 3.32. The highest BCUT2D eigenvalue weighted by atomic mass is 16.2. The van der Waals surface area contributed by atoms with Crippen LogP contribution in [0.3, 0.4) is 0 Å². The van der Waals surface area contributed by atoms with Crippen LogP contribution in [0.2, 0.25) is 0 Å². The Bertz CT molecular complexity index is 328. The molecule has 1 amide bonds. The van der Waals surface area contributed by atoms with Crippen molar-refractivity contribution in [1.82, 2.24) is 10.2 Å². The fraction of sp³-hybridized carbons (Fsp3) is 0.933. The summed E-state index contributed by atoms with van der Waals surface area (Å²) >= 11 is 0. The summed E-state index contributed by atoms with van der Waals surface area (Å²) in [4.78, 5) is 15.0. The molecular formula is C15H27N3O. The van der Waals surface area contributed by atoms with Crippen molar-refractivity contribution in [1.29, 1.82) is 0 Å².